The van der Waals surface area contributed by atoms with E-state index in [4.69, 9.17) is 9.47 Å². The zero-order chi connectivity index (χ0) is 18.7. The Hall–Kier alpha value is -1.59. The summed E-state index contributed by atoms with van der Waals surface area (Å²) in [6.07, 6.45) is 2.98. The highest BCUT2D eigenvalue weighted by molar-refractivity contribution is 5.89. The van der Waals surface area contributed by atoms with Crippen LogP contribution in [0.4, 0.5) is 0 Å². The van der Waals surface area contributed by atoms with Gasteiger partial charge in [-0.15, -0.1) is 0 Å². The van der Waals surface area contributed by atoms with Gasteiger partial charge in [0.15, 0.2) is 0 Å². The lowest BCUT2D eigenvalue weighted by molar-refractivity contribution is 0.0526. The molecule has 5 heteroatoms. The van der Waals surface area contributed by atoms with Gasteiger partial charge >= 0.3 is 5.97 Å². The molecule has 1 aromatic carbocycles. The van der Waals surface area contributed by atoms with Crippen LogP contribution in [-0.2, 0) is 4.74 Å². The first-order valence-electron chi connectivity index (χ1n) is 9.23. The molecule has 0 heterocycles. The summed E-state index contributed by atoms with van der Waals surface area (Å²) in [6.45, 7) is 9.45. The fourth-order valence-electron chi connectivity index (χ4n) is 2.42. The van der Waals surface area contributed by atoms with Crippen molar-refractivity contribution >= 4 is 5.97 Å². The molecular formula is C20H33NO4. The van der Waals surface area contributed by atoms with Crippen LogP contribution < -0.4 is 10.1 Å². The average Bonchev–Trinajstić information content (AvgIpc) is 2.58. The highest BCUT2D eigenvalue weighted by atomic mass is 16.5. The molecule has 2 atom stereocenters. The van der Waals surface area contributed by atoms with Gasteiger partial charge in [0.05, 0.1) is 12.2 Å². The minimum absolute atomic E-state index is 0.213. The van der Waals surface area contributed by atoms with Crippen molar-refractivity contribution < 1.29 is 19.4 Å². The molecule has 142 valence electrons. The third-order valence-electron chi connectivity index (χ3n) is 3.93. The fraction of sp³-hybridized carbons (Fsp3) is 0.650. The van der Waals surface area contributed by atoms with Crippen LogP contribution in [0.3, 0.4) is 0 Å². The van der Waals surface area contributed by atoms with Crippen LogP contribution in [0, 0.1) is 5.92 Å². The zero-order valence-electron chi connectivity index (χ0n) is 16.0. The number of aliphatic hydroxyl groups is 1. The Labute approximate surface area is 151 Å². The maximum atomic E-state index is 11.6. The molecule has 0 saturated heterocycles. The molecule has 0 aliphatic heterocycles. The van der Waals surface area contributed by atoms with E-state index in [1.807, 2.05) is 0 Å². The number of rotatable bonds is 12. The van der Waals surface area contributed by atoms with Gasteiger partial charge in [-0.3, -0.25) is 0 Å². The van der Waals surface area contributed by atoms with Crippen LogP contribution >= 0.6 is 0 Å². The van der Waals surface area contributed by atoms with E-state index in [-0.39, 0.29) is 12.6 Å². The molecule has 0 aliphatic carbocycles. The lowest BCUT2D eigenvalue weighted by Crippen LogP contribution is -2.36. The van der Waals surface area contributed by atoms with E-state index in [9.17, 15) is 9.90 Å². The molecule has 0 spiro atoms. The predicted molar refractivity (Wildman–Crippen MR) is 100 cm³/mol. The van der Waals surface area contributed by atoms with Crippen molar-refractivity contribution in [2.45, 2.75) is 59.1 Å². The van der Waals surface area contributed by atoms with E-state index < -0.39 is 6.10 Å². The lowest BCUT2D eigenvalue weighted by atomic mass is 10.0. The first kappa shape index (κ1) is 21.5. The second-order valence-electron chi connectivity index (χ2n) is 6.84. The second kappa shape index (κ2) is 11.9. The molecule has 0 bridgehead atoms. The predicted octanol–water partition coefficient (Wildman–Crippen LogP) is 3.41. The first-order chi connectivity index (χ1) is 11.9. The molecular weight excluding hydrogens is 318 g/mol. The monoisotopic (exact) mass is 351 g/mol. The van der Waals surface area contributed by atoms with E-state index in [0.29, 0.717) is 30.5 Å². The molecule has 1 rings (SSSR count). The van der Waals surface area contributed by atoms with Crippen molar-refractivity contribution in [3.05, 3.63) is 29.8 Å². The van der Waals surface area contributed by atoms with Gasteiger partial charge in [-0.1, -0.05) is 26.7 Å². The van der Waals surface area contributed by atoms with Crippen LogP contribution in [0.5, 0.6) is 5.75 Å². The second-order valence-corrected chi connectivity index (χ2v) is 6.84. The van der Waals surface area contributed by atoms with Crippen LogP contribution in [0.25, 0.3) is 0 Å². The summed E-state index contributed by atoms with van der Waals surface area (Å²) >= 11 is 0. The van der Waals surface area contributed by atoms with Crippen molar-refractivity contribution in [2.24, 2.45) is 5.92 Å². The number of aliphatic hydroxyl groups excluding tert-OH is 1. The van der Waals surface area contributed by atoms with Gasteiger partial charge in [0.25, 0.3) is 0 Å². The third kappa shape index (κ3) is 9.46. The number of hydrogen-bond donors (Lipinski definition) is 2. The maximum absolute atomic E-state index is 11.6. The van der Waals surface area contributed by atoms with Crippen LogP contribution in [-0.4, -0.2) is 43.0 Å². The van der Waals surface area contributed by atoms with E-state index in [1.165, 1.54) is 12.8 Å². The number of benzene rings is 1. The van der Waals surface area contributed by atoms with Crippen molar-refractivity contribution in [2.75, 3.05) is 19.8 Å². The number of esters is 1. The Balaban J connectivity index is 2.25. The maximum Gasteiger partial charge on any atom is 0.338 e. The van der Waals surface area contributed by atoms with E-state index in [2.05, 4.69) is 26.1 Å². The Morgan fingerprint density at radius 2 is 1.84 bits per heavy atom. The van der Waals surface area contributed by atoms with E-state index >= 15 is 0 Å². The smallest absolute Gasteiger partial charge is 0.338 e. The molecule has 0 amide bonds. The topological polar surface area (TPSA) is 67.8 Å². The molecule has 0 saturated carbocycles. The van der Waals surface area contributed by atoms with Gasteiger partial charge in [0.2, 0.25) is 0 Å². The number of nitrogens with one attached hydrogen (secondary N) is 1. The highest BCUT2D eigenvalue weighted by Crippen LogP contribution is 2.13. The van der Waals surface area contributed by atoms with Crippen molar-refractivity contribution in [1.82, 2.24) is 5.32 Å². The van der Waals surface area contributed by atoms with Gasteiger partial charge in [-0.05, 0) is 50.5 Å². The first-order valence-corrected chi connectivity index (χ1v) is 9.23. The van der Waals surface area contributed by atoms with Gasteiger partial charge < -0.3 is 19.9 Å². The Bertz CT molecular complexity index is 487. The van der Waals surface area contributed by atoms with E-state index in [0.717, 1.165) is 12.3 Å². The fourth-order valence-corrected chi connectivity index (χ4v) is 2.42. The molecule has 0 radical (unpaired) electrons. The number of hydrogen-bond acceptors (Lipinski definition) is 5. The summed E-state index contributed by atoms with van der Waals surface area (Å²) < 4.78 is 10.5. The molecule has 0 fully saturated rings. The van der Waals surface area contributed by atoms with Crippen molar-refractivity contribution in [1.29, 1.82) is 0 Å². The number of carbonyl (C=O) groups is 1. The number of carbonyl (C=O) groups excluding carboxylic acids is 1. The number of ether oxygens (including phenoxy) is 2. The van der Waals surface area contributed by atoms with E-state index in [1.54, 1.807) is 31.2 Å². The molecule has 0 unspecified atom stereocenters. The normalized spacial score (nSPS) is 13.5. The summed E-state index contributed by atoms with van der Waals surface area (Å²) in [5.41, 5.74) is 0.492. The van der Waals surface area contributed by atoms with Gasteiger partial charge in [-0.2, -0.15) is 0 Å². The molecule has 0 aromatic heterocycles. The minimum Gasteiger partial charge on any atom is -0.491 e. The molecule has 25 heavy (non-hydrogen) atoms. The van der Waals surface area contributed by atoms with Crippen molar-refractivity contribution in [3.8, 4) is 5.75 Å². The average molecular weight is 351 g/mol. The standard InChI is InChI=1S/C20H33NO4/c1-5-24-20(23)17-9-11-19(12-10-17)25-14-18(22)13-21-16(4)8-6-7-15(2)3/h9-12,15-16,18,21-22H,5-8,13-14H2,1-4H3/t16-,18-/m0/s1. The minimum atomic E-state index is -0.572. The Morgan fingerprint density at radius 3 is 2.44 bits per heavy atom. The molecule has 1 aromatic rings. The SMILES string of the molecule is CCOC(=O)c1ccc(OC[C@@H](O)CN[C@@H](C)CCCC(C)C)cc1. The van der Waals surface area contributed by atoms with Crippen LogP contribution in [0.2, 0.25) is 0 Å². The largest absolute Gasteiger partial charge is 0.491 e. The summed E-state index contributed by atoms with van der Waals surface area (Å²) in [6, 6.07) is 7.13. The van der Waals surface area contributed by atoms with Crippen molar-refractivity contribution in [3.63, 3.8) is 0 Å². The van der Waals surface area contributed by atoms with Gasteiger partial charge in [0, 0.05) is 12.6 Å². The zero-order valence-corrected chi connectivity index (χ0v) is 16.0. The summed E-state index contributed by atoms with van der Waals surface area (Å²) in [5.74, 6) is 1.02. The summed E-state index contributed by atoms with van der Waals surface area (Å²) in [4.78, 5) is 11.6. The molecule has 5 nitrogen and oxygen atoms in total. The lowest BCUT2D eigenvalue weighted by Gasteiger charge is -2.18. The summed E-state index contributed by atoms with van der Waals surface area (Å²) in [5, 5.41) is 13.4. The Morgan fingerprint density at radius 1 is 1.16 bits per heavy atom. The van der Waals surface area contributed by atoms with Crippen LogP contribution in [0.1, 0.15) is 57.3 Å². The highest BCUT2D eigenvalue weighted by Gasteiger charge is 2.10. The van der Waals surface area contributed by atoms with Crippen LogP contribution in [0.15, 0.2) is 24.3 Å². The summed E-state index contributed by atoms with van der Waals surface area (Å²) in [7, 11) is 0. The molecule has 0 aliphatic rings. The quantitative estimate of drug-likeness (QED) is 0.565. The van der Waals surface area contributed by atoms with Gasteiger partial charge in [-0.25, -0.2) is 4.79 Å². The Kier molecular flexibility index (Phi) is 10.2. The third-order valence-corrected chi connectivity index (χ3v) is 3.93. The van der Waals surface area contributed by atoms with Gasteiger partial charge in [0.1, 0.15) is 18.5 Å². The molecule has 2 N–H and O–H groups in total.